The number of aromatic nitrogens is 1. The Labute approximate surface area is 128 Å². The van der Waals surface area contributed by atoms with E-state index in [-0.39, 0.29) is 0 Å². The second-order valence-electron chi connectivity index (χ2n) is 5.56. The van der Waals surface area contributed by atoms with E-state index in [1.54, 1.807) is 11.3 Å². The molecule has 0 aliphatic rings. The van der Waals surface area contributed by atoms with Gasteiger partial charge in [-0.05, 0) is 37.1 Å². The minimum atomic E-state index is -0.542. The van der Waals surface area contributed by atoms with Crippen molar-refractivity contribution in [2.24, 2.45) is 5.92 Å². The highest BCUT2D eigenvalue weighted by molar-refractivity contribution is 7.11. The Kier molecular flexibility index (Phi) is 5.42. The summed E-state index contributed by atoms with van der Waals surface area (Å²) in [7, 11) is 1.90. The van der Waals surface area contributed by atoms with Gasteiger partial charge in [-0.1, -0.05) is 13.8 Å². The number of nitrogens with one attached hydrogen (secondary N) is 1. The first-order valence-electron chi connectivity index (χ1n) is 7.05. The van der Waals surface area contributed by atoms with Gasteiger partial charge in [-0.2, -0.15) is 0 Å². The molecule has 0 radical (unpaired) electrons. The molecular weight excluding hydrogens is 290 g/mol. The molecular formula is C16H20F2N2S. The molecule has 1 aromatic heterocycles. The Morgan fingerprint density at radius 2 is 1.86 bits per heavy atom. The minimum Gasteiger partial charge on any atom is -0.315 e. The Bertz CT molecular complexity index is 588. The fraction of sp³-hybridized carbons (Fsp3) is 0.438. The van der Waals surface area contributed by atoms with Crippen LogP contribution in [-0.2, 0) is 19.4 Å². The summed E-state index contributed by atoms with van der Waals surface area (Å²) in [6, 6.07) is 3.62. The van der Waals surface area contributed by atoms with E-state index in [0.29, 0.717) is 17.9 Å². The number of hydrogen-bond acceptors (Lipinski definition) is 3. The van der Waals surface area contributed by atoms with Gasteiger partial charge in [0, 0.05) is 23.9 Å². The summed E-state index contributed by atoms with van der Waals surface area (Å²) in [5, 5.41) is 4.05. The largest absolute Gasteiger partial charge is 0.315 e. The average molecular weight is 310 g/mol. The molecule has 21 heavy (non-hydrogen) atoms. The van der Waals surface area contributed by atoms with Gasteiger partial charge >= 0.3 is 0 Å². The standard InChI is InChI=1S/C16H20F2N2S/c1-10(2)4-14-15(9-19-3)21-16(20-14)7-11-5-12(17)8-13(18)6-11/h5-6,8,10,19H,4,7,9H2,1-3H3. The highest BCUT2D eigenvalue weighted by Crippen LogP contribution is 2.24. The van der Waals surface area contributed by atoms with E-state index < -0.39 is 11.6 Å². The first-order valence-corrected chi connectivity index (χ1v) is 7.86. The number of nitrogens with zero attached hydrogens (tertiary/aromatic N) is 1. The molecule has 0 saturated carbocycles. The van der Waals surface area contributed by atoms with Crippen LogP contribution in [-0.4, -0.2) is 12.0 Å². The van der Waals surface area contributed by atoms with Gasteiger partial charge in [0.1, 0.15) is 11.6 Å². The van der Waals surface area contributed by atoms with Crippen molar-refractivity contribution in [3.8, 4) is 0 Å². The zero-order valence-corrected chi connectivity index (χ0v) is 13.4. The summed E-state index contributed by atoms with van der Waals surface area (Å²) >= 11 is 1.61. The van der Waals surface area contributed by atoms with Crippen molar-refractivity contribution in [2.45, 2.75) is 33.2 Å². The van der Waals surface area contributed by atoms with Gasteiger partial charge in [0.05, 0.1) is 10.7 Å². The molecule has 0 atom stereocenters. The molecule has 1 aromatic carbocycles. The lowest BCUT2D eigenvalue weighted by Gasteiger charge is -2.03. The lowest BCUT2D eigenvalue weighted by atomic mass is 10.1. The first-order chi connectivity index (χ1) is 9.97. The van der Waals surface area contributed by atoms with E-state index in [1.165, 1.54) is 17.0 Å². The Hall–Kier alpha value is -1.33. The Morgan fingerprint density at radius 1 is 1.19 bits per heavy atom. The summed E-state index contributed by atoms with van der Waals surface area (Å²) < 4.78 is 26.5. The average Bonchev–Trinajstić information content (AvgIpc) is 2.69. The van der Waals surface area contributed by atoms with Gasteiger partial charge in [0.15, 0.2) is 0 Å². The topological polar surface area (TPSA) is 24.9 Å². The van der Waals surface area contributed by atoms with Crippen molar-refractivity contribution in [3.05, 3.63) is 51.0 Å². The second kappa shape index (κ2) is 7.09. The molecule has 5 heteroatoms. The van der Waals surface area contributed by atoms with Gasteiger partial charge in [0.25, 0.3) is 0 Å². The molecule has 1 N–H and O–H groups in total. The van der Waals surface area contributed by atoms with Crippen LogP contribution in [0.1, 0.15) is 35.0 Å². The van der Waals surface area contributed by atoms with Crippen LogP contribution in [0.4, 0.5) is 8.78 Å². The third kappa shape index (κ3) is 4.58. The molecule has 0 unspecified atom stereocenters. The van der Waals surface area contributed by atoms with Crippen molar-refractivity contribution in [2.75, 3.05) is 7.05 Å². The summed E-state index contributed by atoms with van der Waals surface area (Å²) in [4.78, 5) is 5.86. The molecule has 0 saturated heterocycles. The van der Waals surface area contributed by atoms with Gasteiger partial charge in [-0.15, -0.1) is 11.3 Å². The summed E-state index contributed by atoms with van der Waals surface area (Å²) in [5.74, 6) is -0.555. The molecule has 114 valence electrons. The number of rotatable bonds is 6. The normalized spacial score (nSPS) is 11.3. The van der Waals surface area contributed by atoms with E-state index in [4.69, 9.17) is 0 Å². The van der Waals surface area contributed by atoms with E-state index >= 15 is 0 Å². The van der Waals surface area contributed by atoms with Crippen LogP contribution in [0.5, 0.6) is 0 Å². The first kappa shape index (κ1) is 16.0. The quantitative estimate of drug-likeness (QED) is 0.874. The molecule has 0 aliphatic heterocycles. The van der Waals surface area contributed by atoms with Gasteiger partial charge in [0.2, 0.25) is 0 Å². The predicted octanol–water partition coefficient (Wildman–Crippen LogP) is 3.93. The molecule has 2 nitrogen and oxygen atoms in total. The highest BCUT2D eigenvalue weighted by atomic mass is 32.1. The molecule has 0 fully saturated rings. The van der Waals surface area contributed by atoms with Crippen molar-refractivity contribution >= 4 is 11.3 Å². The Morgan fingerprint density at radius 3 is 2.43 bits per heavy atom. The number of benzene rings is 1. The van der Waals surface area contributed by atoms with Gasteiger partial charge in [-0.3, -0.25) is 0 Å². The van der Waals surface area contributed by atoms with E-state index in [9.17, 15) is 8.78 Å². The third-order valence-corrected chi connectivity index (χ3v) is 4.14. The van der Waals surface area contributed by atoms with Crippen LogP contribution in [0.2, 0.25) is 0 Å². The molecule has 1 heterocycles. The van der Waals surface area contributed by atoms with Crippen LogP contribution in [0.3, 0.4) is 0 Å². The zero-order chi connectivity index (χ0) is 15.4. The molecule has 0 bridgehead atoms. The van der Waals surface area contributed by atoms with Gasteiger partial charge in [-0.25, -0.2) is 13.8 Å². The van der Waals surface area contributed by atoms with Crippen molar-refractivity contribution in [3.63, 3.8) is 0 Å². The maximum absolute atomic E-state index is 13.2. The smallest absolute Gasteiger partial charge is 0.126 e. The maximum atomic E-state index is 13.2. The SMILES string of the molecule is CNCc1sc(Cc2cc(F)cc(F)c2)nc1CC(C)C. The summed E-state index contributed by atoms with van der Waals surface area (Å²) in [6.07, 6.45) is 1.39. The number of thiazole rings is 1. The highest BCUT2D eigenvalue weighted by Gasteiger charge is 2.13. The molecule has 2 aromatic rings. The van der Waals surface area contributed by atoms with E-state index in [1.807, 2.05) is 7.05 Å². The van der Waals surface area contributed by atoms with Crippen LogP contribution in [0, 0.1) is 17.6 Å². The molecule has 2 rings (SSSR count). The monoisotopic (exact) mass is 310 g/mol. The summed E-state index contributed by atoms with van der Waals surface area (Å²) in [6.45, 7) is 5.09. The summed E-state index contributed by atoms with van der Waals surface area (Å²) in [5.41, 5.74) is 1.71. The van der Waals surface area contributed by atoms with Crippen LogP contribution in [0.25, 0.3) is 0 Å². The molecule has 0 aliphatic carbocycles. The van der Waals surface area contributed by atoms with Crippen LogP contribution >= 0.6 is 11.3 Å². The second-order valence-corrected chi connectivity index (χ2v) is 6.73. The van der Waals surface area contributed by atoms with Crippen LogP contribution in [0.15, 0.2) is 18.2 Å². The van der Waals surface area contributed by atoms with Gasteiger partial charge < -0.3 is 5.32 Å². The fourth-order valence-electron chi connectivity index (χ4n) is 2.24. The lowest BCUT2D eigenvalue weighted by molar-refractivity contribution is 0.580. The fourth-order valence-corrected chi connectivity index (χ4v) is 3.39. The van der Waals surface area contributed by atoms with Crippen molar-refractivity contribution in [1.82, 2.24) is 10.3 Å². The molecule has 0 amide bonds. The number of halogens is 2. The lowest BCUT2D eigenvalue weighted by Crippen LogP contribution is -2.07. The van der Waals surface area contributed by atoms with E-state index in [2.05, 4.69) is 24.1 Å². The van der Waals surface area contributed by atoms with Crippen LogP contribution < -0.4 is 5.32 Å². The third-order valence-electron chi connectivity index (χ3n) is 3.04. The number of hydrogen-bond donors (Lipinski definition) is 1. The van der Waals surface area contributed by atoms with Crippen molar-refractivity contribution in [1.29, 1.82) is 0 Å². The minimum absolute atomic E-state index is 0.466. The zero-order valence-electron chi connectivity index (χ0n) is 12.5. The van der Waals surface area contributed by atoms with E-state index in [0.717, 1.165) is 29.7 Å². The maximum Gasteiger partial charge on any atom is 0.126 e. The molecule has 0 spiro atoms. The van der Waals surface area contributed by atoms with Crippen molar-refractivity contribution < 1.29 is 8.78 Å². The predicted molar refractivity (Wildman–Crippen MR) is 82.6 cm³/mol. The Balaban J connectivity index is 2.23.